The van der Waals surface area contributed by atoms with E-state index in [9.17, 15) is 18.0 Å². The minimum Gasteiger partial charge on any atom is -0.340 e. The van der Waals surface area contributed by atoms with Crippen molar-refractivity contribution in [1.29, 1.82) is 0 Å². The largest absolute Gasteiger partial charge is 0.340 e. The van der Waals surface area contributed by atoms with Gasteiger partial charge in [-0.2, -0.15) is 0 Å². The van der Waals surface area contributed by atoms with Crippen molar-refractivity contribution in [3.63, 3.8) is 0 Å². The lowest BCUT2D eigenvalue weighted by Crippen LogP contribution is -2.41. The monoisotopic (exact) mass is 438 g/mol. The first-order valence-corrected chi connectivity index (χ1v) is 11.8. The highest BCUT2D eigenvalue weighted by atomic mass is 32.2. The maximum atomic E-state index is 13.1. The van der Waals surface area contributed by atoms with E-state index in [0.717, 1.165) is 40.4 Å². The number of benzene rings is 2. The van der Waals surface area contributed by atoms with Crippen LogP contribution in [0.4, 0.5) is 0 Å². The summed E-state index contributed by atoms with van der Waals surface area (Å²) in [5.74, 6) is -0.00786. The fraction of sp³-hybridized carbons (Fsp3) is 0.318. The molecule has 31 heavy (non-hydrogen) atoms. The Balaban J connectivity index is 1.34. The highest BCUT2D eigenvalue weighted by Gasteiger charge is 2.41. The number of carbonyl (C=O) groups excluding carboxylic acids is 2. The Hall–Kier alpha value is -3.20. The SMILES string of the molecule is O=C(CCN1C(=O)c2ccccc2S1(=O)=O)N1CCCCC1c1nc2ccccc2[nH]1. The fourth-order valence-electron chi connectivity index (χ4n) is 4.44. The quantitative estimate of drug-likeness (QED) is 0.675. The number of likely N-dealkylation sites (tertiary alicyclic amines) is 1. The Morgan fingerprint density at radius 3 is 2.68 bits per heavy atom. The molecule has 1 N–H and O–H groups in total. The molecule has 0 saturated carbocycles. The topological polar surface area (TPSA) is 103 Å². The van der Waals surface area contributed by atoms with Crippen LogP contribution in [0, 0.1) is 0 Å². The third-order valence-electron chi connectivity index (χ3n) is 5.99. The molecular formula is C22H22N4O4S. The zero-order chi connectivity index (χ0) is 21.6. The highest BCUT2D eigenvalue weighted by Crippen LogP contribution is 2.33. The Labute approximate surface area is 179 Å². The number of rotatable bonds is 4. The molecule has 2 aliphatic heterocycles. The maximum absolute atomic E-state index is 13.1. The molecule has 5 rings (SSSR count). The Morgan fingerprint density at radius 1 is 1.10 bits per heavy atom. The maximum Gasteiger partial charge on any atom is 0.269 e. The van der Waals surface area contributed by atoms with Gasteiger partial charge in [-0.1, -0.05) is 24.3 Å². The average Bonchev–Trinajstić information content (AvgIpc) is 3.30. The molecule has 0 bridgehead atoms. The summed E-state index contributed by atoms with van der Waals surface area (Å²) < 4.78 is 26.3. The van der Waals surface area contributed by atoms with Crippen LogP contribution in [0.5, 0.6) is 0 Å². The molecular weight excluding hydrogens is 416 g/mol. The number of aromatic amines is 1. The van der Waals surface area contributed by atoms with Crippen molar-refractivity contribution in [2.24, 2.45) is 0 Å². The minimum absolute atomic E-state index is 0.00516. The van der Waals surface area contributed by atoms with Crippen LogP contribution in [0.25, 0.3) is 11.0 Å². The molecule has 2 aromatic carbocycles. The molecule has 0 aliphatic carbocycles. The van der Waals surface area contributed by atoms with Gasteiger partial charge in [0.15, 0.2) is 0 Å². The van der Waals surface area contributed by atoms with Crippen molar-refractivity contribution in [3.05, 3.63) is 59.9 Å². The van der Waals surface area contributed by atoms with Gasteiger partial charge < -0.3 is 9.88 Å². The Morgan fingerprint density at radius 2 is 1.87 bits per heavy atom. The first kappa shape index (κ1) is 19.7. The average molecular weight is 439 g/mol. The van der Waals surface area contributed by atoms with Crippen molar-refractivity contribution < 1.29 is 18.0 Å². The summed E-state index contributed by atoms with van der Waals surface area (Å²) in [6, 6.07) is 13.7. The summed E-state index contributed by atoms with van der Waals surface area (Å²) in [5.41, 5.74) is 1.93. The van der Waals surface area contributed by atoms with Crippen molar-refractivity contribution in [3.8, 4) is 0 Å². The van der Waals surface area contributed by atoms with Crippen LogP contribution in [-0.4, -0.2) is 52.5 Å². The molecule has 3 heterocycles. The van der Waals surface area contributed by atoms with E-state index in [4.69, 9.17) is 0 Å². The van der Waals surface area contributed by atoms with E-state index in [1.807, 2.05) is 24.3 Å². The van der Waals surface area contributed by atoms with Gasteiger partial charge in [0.1, 0.15) is 10.7 Å². The molecule has 0 radical (unpaired) electrons. The summed E-state index contributed by atoms with van der Waals surface area (Å²) >= 11 is 0. The van der Waals surface area contributed by atoms with Crippen molar-refractivity contribution in [2.75, 3.05) is 13.1 Å². The molecule has 2 aliphatic rings. The molecule has 1 fully saturated rings. The second-order valence-corrected chi connectivity index (χ2v) is 9.70. The molecule has 2 amide bonds. The van der Waals surface area contributed by atoms with Gasteiger partial charge in [0.05, 0.1) is 22.6 Å². The zero-order valence-electron chi connectivity index (χ0n) is 16.8. The molecule has 3 aromatic rings. The molecule has 1 saturated heterocycles. The third-order valence-corrected chi connectivity index (χ3v) is 7.83. The van der Waals surface area contributed by atoms with Gasteiger partial charge in [-0.25, -0.2) is 17.7 Å². The molecule has 8 nitrogen and oxygen atoms in total. The first-order valence-electron chi connectivity index (χ1n) is 10.4. The van der Waals surface area contributed by atoms with Crippen LogP contribution in [-0.2, 0) is 14.8 Å². The summed E-state index contributed by atoms with van der Waals surface area (Å²) in [4.78, 5) is 35.4. The van der Waals surface area contributed by atoms with Crippen LogP contribution in [0.2, 0.25) is 0 Å². The molecule has 1 atom stereocenters. The Bertz CT molecular complexity index is 1250. The Kier molecular flexibility index (Phi) is 4.77. The van der Waals surface area contributed by atoms with Crippen LogP contribution in [0.1, 0.15) is 47.9 Å². The van der Waals surface area contributed by atoms with Crippen LogP contribution in [0.15, 0.2) is 53.4 Å². The van der Waals surface area contributed by atoms with Gasteiger partial charge in [-0.05, 0) is 43.5 Å². The summed E-state index contributed by atoms with van der Waals surface area (Å²) in [6.07, 6.45) is 2.60. The third kappa shape index (κ3) is 3.29. The number of fused-ring (bicyclic) bond motifs is 2. The number of sulfonamides is 1. The number of piperidine rings is 1. The molecule has 1 aromatic heterocycles. The van der Waals surface area contributed by atoms with Crippen LogP contribution in [0.3, 0.4) is 0 Å². The molecule has 160 valence electrons. The van der Waals surface area contributed by atoms with Crippen molar-refractivity contribution >= 4 is 32.9 Å². The predicted molar refractivity (Wildman–Crippen MR) is 114 cm³/mol. The first-order chi connectivity index (χ1) is 15.0. The summed E-state index contributed by atoms with van der Waals surface area (Å²) in [5, 5.41) is 0. The van der Waals surface area contributed by atoms with E-state index in [2.05, 4.69) is 9.97 Å². The van der Waals surface area contributed by atoms with Gasteiger partial charge in [0, 0.05) is 19.5 Å². The van der Waals surface area contributed by atoms with Gasteiger partial charge in [-0.15, -0.1) is 0 Å². The van der Waals surface area contributed by atoms with Gasteiger partial charge in [-0.3, -0.25) is 9.59 Å². The van der Waals surface area contributed by atoms with E-state index in [1.54, 1.807) is 17.0 Å². The highest BCUT2D eigenvalue weighted by molar-refractivity contribution is 7.90. The van der Waals surface area contributed by atoms with Crippen LogP contribution < -0.4 is 0 Å². The fourth-order valence-corrected chi connectivity index (χ4v) is 6.01. The van der Waals surface area contributed by atoms with Gasteiger partial charge in [0.2, 0.25) is 5.91 Å². The molecule has 1 unspecified atom stereocenters. The zero-order valence-corrected chi connectivity index (χ0v) is 17.6. The number of hydrogen-bond acceptors (Lipinski definition) is 5. The number of hydrogen-bond donors (Lipinski definition) is 1. The van der Waals surface area contributed by atoms with Gasteiger partial charge in [0.25, 0.3) is 15.9 Å². The van der Waals surface area contributed by atoms with Crippen molar-refractivity contribution in [1.82, 2.24) is 19.2 Å². The number of carbonyl (C=O) groups is 2. The predicted octanol–water partition coefficient (Wildman–Crippen LogP) is 2.85. The molecule has 0 spiro atoms. The van der Waals surface area contributed by atoms with Crippen LogP contribution >= 0.6 is 0 Å². The lowest BCUT2D eigenvalue weighted by atomic mass is 10.0. The van der Waals surface area contributed by atoms with E-state index >= 15 is 0 Å². The van der Waals surface area contributed by atoms with E-state index in [1.165, 1.54) is 12.1 Å². The normalized spacial score (nSPS) is 20.3. The lowest BCUT2D eigenvalue weighted by Gasteiger charge is -2.35. The number of imidazole rings is 1. The second-order valence-electron chi connectivity index (χ2n) is 7.87. The summed E-state index contributed by atoms with van der Waals surface area (Å²) in [6.45, 7) is 0.416. The van der Waals surface area contributed by atoms with E-state index in [0.29, 0.717) is 6.54 Å². The summed E-state index contributed by atoms with van der Waals surface area (Å²) in [7, 11) is -3.91. The number of nitrogens with one attached hydrogen (secondary N) is 1. The molecule has 9 heteroatoms. The number of H-pyrrole nitrogens is 1. The number of amides is 2. The standard InChI is InChI=1S/C22H22N4O4S/c27-20(12-14-26-22(28)15-7-1-4-11-19(15)31(26,29)30)25-13-6-5-10-18(25)21-23-16-8-2-3-9-17(16)24-21/h1-4,7-9,11,18H,5-6,10,12-14H2,(H,23,24). The lowest BCUT2D eigenvalue weighted by molar-refractivity contribution is -0.135. The van der Waals surface area contributed by atoms with Gasteiger partial charge >= 0.3 is 0 Å². The van der Waals surface area contributed by atoms with Crippen molar-refractivity contribution in [2.45, 2.75) is 36.6 Å². The minimum atomic E-state index is -3.91. The van der Waals surface area contributed by atoms with E-state index < -0.39 is 15.9 Å². The number of aromatic nitrogens is 2. The second kappa shape index (κ2) is 7.49. The number of para-hydroxylation sites is 2. The number of nitrogens with zero attached hydrogens (tertiary/aromatic N) is 3. The smallest absolute Gasteiger partial charge is 0.269 e. The van der Waals surface area contributed by atoms with E-state index in [-0.39, 0.29) is 35.4 Å².